The van der Waals surface area contributed by atoms with Gasteiger partial charge in [-0.15, -0.1) is 0 Å². The molecule has 0 spiro atoms. The predicted molar refractivity (Wildman–Crippen MR) is 80.9 cm³/mol. The summed E-state index contributed by atoms with van der Waals surface area (Å²) in [6.45, 7) is -0.406. The van der Waals surface area contributed by atoms with Crippen molar-refractivity contribution >= 4 is 27.8 Å². The number of furan rings is 1. The van der Waals surface area contributed by atoms with E-state index < -0.39 is 18.1 Å². The average Bonchev–Trinajstić information content (AvgIpc) is 2.98. The molecule has 1 aromatic heterocycles. The molecule has 7 heteroatoms. The smallest absolute Gasteiger partial charge is 0.374 e. The zero-order valence-electron chi connectivity index (χ0n) is 12.3. The molecule has 118 valence electrons. The molecule has 1 saturated carbocycles. The van der Waals surface area contributed by atoms with Crippen molar-refractivity contribution in [1.29, 1.82) is 5.26 Å². The van der Waals surface area contributed by atoms with Crippen molar-refractivity contribution in [3.63, 3.8) is 0 Å². The molecule has 1 fully saturated rings. The van der Waals surface area contributed by atoms with Crippen LogP contribution in [-0.2, 0) is 9.53 Å². The quantitative estimate of drug-likeness (QED) is 0.762. The monoisotopic (exact) mass is 368 g/mol. The maximum absolute atomic E-state index is 12.2. The zero-order valence-corrected chi connectivity index (χ0v) is 13.9. The fourth-order valence-electron chi connectivity index (χ4n) is 2.62. The van der Waals surface area contributed by atoms with Crippen molar-refractivity contribution < 1.29 is 18.7 Å². The van der Waals surface area contributed by atoms with Gasteiger partial charge < -0.3 is 14.1 Å². The largest absolute Gasteiger partial charge is 0.450 e. The molecule has 1 amide bonds. The number of rotatable bonds is 4. The number of carbonyl (C=O) groups is 2. The number of halogens is 1. The first-order valence-corrected chi connectivity index (χ1v) is 7.88. The molecule has 1 aliphatic rings. The van der Waals surface area contributed by atoms with Gasteiger partial charge in [-0.2, -0.15) is 5.26 Å². The Hall–Kier alpha value is -1.81. The van der Waals surface area contributed by atoms with Crippen LogP contribution in [0.5, 0.6) is 0 Å². The number of hydrogen-bond donors (Lipinski definition) is 0. The Morgan fingerprint density at radius 3 is 2.64 bits per heavy atom. The molecule has 1 aromatic rings. The van der Waals surface area contributed by atoms with Gasteiger partial charge in [0.25, 0.3) is 5.91 Å². The highest BCUT2D eigenvalue weighted by Crippen LogP contribution is 2.32. The Morgan fingerprint density at radius 2 is 2.09 bits per heavy atom. The van der Waals surface area contributed by atoms with Crippen LogP contribution in [0.3, 0.4) is 0 Å². The van der Waals surface area contributed by atoms with E-state index >= 15 is 0 Å². The molecular weight excluding hydrogens is 352 g/mol. The van der Waals surface area contributed by atoms with Crippen LogP contribution in [0.4, 0.5) is 0 Å². The molecular formula is C15H17BrN2O4. The van der Waals surface area contributed by atoms with Crippen LogP contribution < -0.4 is 0 Å². The van der Waals surface area contributed by atoms with Crippen molar-refractivity contribution in [3.05, 3.63) is 22.6 Å². The molecule has 0 atom stereocenters. The van der Waals surface area contributed by atoms with Gasteiger partial charge in [0.05, 0.1) is 6.07 Å². The van der Waals surface area contributed by atoms with E-state index in [1.165, 1.54) is 11.0 Å². The number of nitrogens with zero attached hydrogens (tertiary/aromatic N) is 2. The number of carbonyl (C=O) groups excluding carboxylic acids is 2. The van der Waals surface area contributed by atoms with Gasteiger partial charge >= 0.3 is 5.97 Å². The summed E-state index contributed by atoms with van der Waals surface area (Å²) in [5.41, 5.74) is -0.782. The van der Waals surface area contributed by atoms with E-state index in [2.05, 4.69) is 22.0 Å². The van der Waals surface area contributed by atoms with Gasteiger partial charge in [0.15, 0.2) is 11.3 Å². The summed E-state index contributed by atoms with van der Waals surface area (Å²) in [6.07, 6.45) is 4.24. The standard InChI is InChI=1S/C15H17BrN2O4/c1-18(15(10-17)7-3-2-4-8-15)13(19)9-21-14(20)11-5-6-12(16)22-11/h5-6H,2-4,7-9H2,1H3. The zero-order chi connectivity index (χ0) is 16.2. The molecule has 0 radical (unpaired) electrons. The SMILES string of the molecule is CN(C(=O)COC(=O)c1ccc(Br)o1)C1(C#N)CCCCC1. The molecule has 0 bridgehead atoms. The van der Waals surface area contributed by atoms with Crippen LogP contribution in [0.15, 0.2) is 21.2 Å². The molecule has 6 nitrogen and oxygen atoms in total. The van der Waals surface area contributed by atoms with Gasteiger partial charge in [0.2, 0.25) is 5.76 Å². The van der Waals surface area contributed by atoms with Crippen LogP contribution in [0.25, 0.3) is 0 Å². The van der Waals surface area contributed by atoms with Crippen LogP contribution in [-0.4, -0.2) is 36.0 Å². The van der Waals surface area contributed by atoms with Gasteiger partial charge in [-0.25, -0.2) is 4.79 Å². The lowest BCUT2D eigenvalue weighted by Gasteiger charge is -2.38. The number of esters is 1. The Bertz CT molecular complexity index is 599. The third-order valence-corrected chi connectivity index (χ3v) is 4.43. The molecule has 1 heterocycles. The van der Waals surface area contributed by atoms with Gasteiger partial charge in [-0.05, 0) is 40.9 Å². The molecule has 1 aliphatic carbocycles. The Labute approximate surface area is 137 Å². The summed E-state index contributed by atoms with van der Waals surface area (Å²) in [6, 6.07) is 5.28. The average molecular weight is 369 g/mol. The first-order chi connectivity index (χ1) is 10.5. The minimum absolute atomic E-state index is 0.0231. The van der Waals surface area contributed by atoms with Crippen molar-refractivity contribution in [2.24, 2.45) is 0 Å². The van der Waals surface area contributed by atoms with Crippen LogP contribution in [0.1, 0.15) is 42.7 Å². The molecule has 0 unspecified atom stereocenters. The fourth-order valence-corrected chi connectivity index (χ4v) is 2.92. The maximum Gasteiger partial charge on any atom is 0.374 e. The summed E-state index contributed by atoms with van der Waals surface area (Å²) in [7, 11) is 1.59. The third kappa shape index (κ3) is 3.50. The molecule has 0 N–H and O–H groups in total. The summed E-state index contributed by atoms with van der Waals surface area (Å²) < 4.78 is 10.4. The van der Waals surface area contributed by atoms with Gasteiger partial charge in [0, 0.05) is 7.05 Å². The summed E-state index contributed by atoms with van der Waals surface area (Å²) in [4.78, 5) is 25.4. The van der Waals surface area contributed by atoms with Gasteiger partial charge in [-0.3, -0.25) is 4.79 Å². The number of likely N-dealkylation sites (N-methyl/N-ethyl adjacent to an activating group) is 1. The van der Waals surface area contributed by atoms with Crippen molar-refractivity contribution in [2.45, 2.75) is 37.6 Å². The van der Waals surface area contributed by atoms with E-state index in [-0.39, 0.29) is 11.7 Å². The highest BCUT2D eigenvalue weighted by Gasteiger charge is 2.39. The predicted octanol–water partition coefficient (Wildman–Crippen LogP) is 2.88. The number of ether oxygens (including phenoxy) is 1. The van der Waals surface area contributed by atoms with Crippen LogP contribution in [0.2, 0.25) is 0 Å². The highest BCUT2D eigenvalue weighted by molar-refractivity contribution is 9.10. The number of amides is 1. The molecule has 0 aliphatic heterocycles. The minimum Gasteiger partial charge on any atom is -0.450 e. The van der Waals surface area contributed by atoms with E-state index in [0.29, 0.717) is 17.5 Å². The second-order valence-corrected chi connectivity index (χ2v) is 6.12. The van der Waals surface area contributed by atoms with Gasteiger partial charge in [-0.1, -0.05) is 19.3 Å². The van der Waals surface area contributed by atoms with Crippen molar-refractivity contribution in [2.75, 3.05) is 13.7 Å². The van der Waals surface area contributed by atoms with E-state index in [9.17, 15) is 14.9 Å². The summed E-state index contributed by atoms with van der Waals surface area (Å²) in [5, 5.41) is 9.45. The van der Waals surface area contributed by atoms with Crippen LogP contribution >= 0.6 is 15.9 Å². The van der Waals surface area contributed by atoms with E-state index in [4.69, 9.17) is 9.15 Å². The minimum atomic E-state index is -0.782. The summed E-state index contributed by atoms with van der Waals surface area (Å²) in [5.74, 6) is -1.07. The first-order valence-electron chi connectivity index (χ1n) is 7.09. The van der Waals surface area contributed by atoms with E-state index in [0.717, 1.165) is 19.3 Å². The van der Waals surface area contributed by atoms with Crippen LogP contribution in [0, 0.1) is 11.3 Å². The second-order valence-electron chi connectivity index (χ2n) is 5.34. The number of nitriles is 1. The lowest BCUT2D eigenvalue weighted by Crippen LogP contribution is -2.51. The Balaban J connectivity index is 1.94. The molecule has 0 aromatic carbocycles. The van der Waals surface area contributed by atoms with E-state index in [1.807, 2.05) is 0 Å². The molecule has 2 rings (SSSR count). The number of hydrogen-bond acceptors (Lipinski definition) is 5. The lowest BCUT2D eigenvalue weighted by molar-refractivity contribution is -0.138. The summed E-state index contributed by atoms with van der Waals surface area (Å²) >= 11 is 3.09. The van der Waals surface area contributed by atoms with Crippen molar-refractivity contribution in [3.8, 4) is 6.07 Å². The third-order valence-electron chi connectivity index (χ3n) is 4.01. The molecule has 0 saturated heterocycles. The van der Waals surface area contributed by atoms with Gasteiger partial charge in [0.1, 0.15) is 5.54 Å². The van der Waals surface area contributed by atoms with Crippen molar-refractivity contribution in [1.82, 2.24) is 4.90 Å². The fraction of sp³-hybridized carbons (Fsp3) is 0.533. The maximum atomic E-state index is 12.2. The Kier molecular flexibility index (Phi) is 5.24. The highest BCUT2D eigenvalue weighted by atomic mass is 79.9. The molecule has 22 heavy (non-hydrogen) atoms. The normalized spacial score (nSPS) is 16.6. The Morgan fingerprint density at radius 1 is 1.41 bits per heavy atom. The first kappa shape index (κ1) is 16.6. The topological polar surface area (TPSA) is 83.5 Å². The lowest BCUT2D eigenvalue weighted by atomic mass is 9.81. The van der Waals surface area contributed by atoms with E-state index in [1.54, 1.807) is 13.1 Å². The second kappa shape index (κ2) is 6.97.